The molecule has 0 radical (unpaired) electrons. The van der Waals surface area contributed by atoms with Crippen LogP contribution >= 0.6 is 15.9 Å². The smallest absolute Gasteiger partial charge is 0.133 e. The molecule has 0 aromatic carbocycles. The highest BCUT2D eigenvalue weighted by Crippen LogP contribution is 2.18. The molecule has 0 saturated heterocycles. The average Bonchev–Trinajstić information content (AvgIpc) is 2.43. The molecule has 0 fully saturated rings. The van der Waals surface area contributed by atoms with Crippen LogP contribution in [0.2, 0.25) is 0 Å². The largest absolute Gasteiger partial charge is 0.351 e. The Labute approximate surface area is 126 Å². The summed E-state index contributed by atoms with van der Waals surface area (Å²) in [6.07, 6.45) is 4.01. The van der Waals surface area contributed by atoms with Crippen LogP contribution in [0.15, 0.2) is 35.2 Å². The Balaban J connectivity index is 2.25. The van der Waals surface area contributed by atoms with E-state index < -0.39 is 0 Å². The van der Waals surface area contributed by atoms with Crippen molar-refractivity contribution in [3.63, 3.8) is 0 Å². The van der Waals surface area contributed by atoms with Gasteiger partial charge in [0.2, 0.25) is 0 Å². The van der Waals surface area contributed by atoms with Crippen molar-refractivity contribution in [2.24, 2.45) is 0 Å². The second-order valence-electron chi connectivity index (χ2n) is 4.29. The molecular formula is C14H14BrN5. The fourth-order valence-electron chi connectivity index (χ4n) is 1.85. The van der Waals surface area contributed by atoms with Gasteiger partial charge in [-0.2, -0.15) is 5.26 Å². The Bertz CT molecular complexity index is 588. The van der Waals surface area contributed by atoms with Gasteiger partial charge in [0.05, 0.1) is 12.5 Å². The van der Waals surface area contributed by atoms with Crippen LogP contribution in [0.3, 0.4) is 0 Å². The van der Waals surface area contributed by atoms with Gasteiger partial charge in [0.1, 0.15) is 16.2 Å². The van der Waals surface area contributed by atoms with Gasteiger partial charge in [-0.25, -0.2) is 9.97 Å². The van der Waals surface area contributed by atoms with Gasteiger partial charge >= 0.3 is 0 Å². The molecule has 20 heavy (non-hydrogen) atoms. The summed E-state index contributed by atoms with van der Waals surface area (Å²) in [6.45, 7) is 3.13. The number of halogens is 1. The summed E-state index contributed by atoms with van der Waals surface area (Å²) in [5, 5.41) is 8.81. The molecule has 6 heteroatoms. The van der Waals surface area contributed by atoms with E-state index in [0.717, 1.165) is 16.0 Å². The summed E-state index contributed by atoms with van der Waals surface area (Å²) in [7, 11) is 0. The summed E-state index contributed by atoms with van der Waals surface area (Å²) < 4.78 is 0.744. The monoisotopic (exact) mass is 331 g/mol. The van der Waals surface area contributed by atoms with E-state index in [1.165, 1.54) is 0 Å². The lowest BCUT2D eigenvalue weighted by Gasteiger charge is -2.23. The molecule has 0 spiro atoms. The SMILES string of the molecule is Cc1nc(Br)cc(N(CCC#N)Cc2cccnc2)n1. The van der Waals surface area contributed by atoms with Crippen molar-refractivity contribution >= 4 is 21.7 Å². The molecule has 0 bridgehead atoms. The van der Waals surface area contributed by atoms with Crippen molar-refractivity contribution in [3.05, 3.63) is 46.6 Å². The number of aryl methyl sites for hydroxylation is 1. The molecule has 2 rings (SSSR count). The zero-order valence-corrected chi connectivity index (χ0v) is 12.7. The van der Waals surface area contributed by atoms with Gasteiger partial charge in [0, 0.05) is 31.5 Å². The molecule has 5 nitrogen and oxygen atoms in total. The number of nitriles is 1. The number of hydrogen-bond acceptors (Lipinski definition) is 5. The lowest BCUT2D eigenvalue weighted by molar-refractivity contribution is 0.772. The van der Waals surface area contributed by atoms with Gasteiger partial charge < -0.3 is 4.90 Å². The topological polar surface area (TPSA) is 65.7 Å². The number of pyridine rings is 1. The van der Waals surface area contributed by atoms with Gasteiger partial charge in [-0.05, 0) is 34.5 Å². The van der Waals surface area contributed by atoms with Gasteiger partial charge in [-0.15, -0.1) is 0 Å². The highest BCUT2D eigenvalue weighted by molar-refractivity contribution is 9.10. The van der Waals surface area contributed by atoms with E-state index in [4.69, 9.17) is 5.26 Å². The second-order valence-corrected chi connectivity index (χ2v) is 5.10. The highest BCUT2D eigenvalue weighted by Gasteiger charge is 2.10. The predicted molar refractivity (Wildman–Crippen MR) is 80.0 cm³/mol. The van der Waals surface area contributed by atoms with Crippen molar-refractivity contribution in [1.82, 2.24) is 15.0 Å². The third-order valence-electron chi connectivity index (χ3n) is 2.71. The van der Waals surface area contributed by atoms with Crippen molar-refractivity contribution in [2.45, 2.75) is 19.9 Å². The zero-order valence-electron chi connectivity index (χ0n) is 11.1. The second kappa shape index (κ2) is 6.96. The molecule has 0 amide bonds. The summed E-state index contributed by atoms with van der Waals surface area (Å²) in [6, 6.07) is 7.94. The third kappa shape index (κ3) is 4.00. The molecule has 0 aliphatic rings. The maximum atomic E-state index is 8.81. The molecule has 0 aliphatic carbocycles. The summed E-state index contributed by atoms with van der Waals surface area (Å²) in [5.41, 5.74) is 1.08. The fourth-order valence-corrected chi connectivity index (χ4v) is 2.31. The van der Waals surface area contributed by atoms with Crippen LogP contribution in [0.5, 0.6) is 0 Å². The van der Waals surface area contributed by atoms with Gasteiger partial charge in [-0.1, -0.05) is 6.07 Å². The van der Waals surface area contributed by atoms with E-state index in [1.807, 2.05) is 31.3 Å². The highest BCUT2D eigenvalue weighted by atomic mass is 79.9. The zero-order chi connectivity index (χ0) is 14.4. The van der Waals surface area contributed by atoms with Crippen LogP contribution in [0.4, 0.5) is 5.82 Å². The minimum absolute atomic E-state index is 0.445. The molecule has 0 unspecified atom stereocenters. The van der Waals surface area contributed by atoms with Gasteiger partial charge in [0.25, 0.3) is 0 Å². The van der Waals surface area contributed by atoms with Gasteiger partial charge in [-0.3, -0.25) is 4.98 Å². The normalized spacial score (nSPS) is 10.1. The van der Waals surface area contributed by atoms with E-state index in [-0.39, 0.29) is 0 Å². The van der Waals surface area contributed by atoms with Crippen molar-refractivity contribution in [3.8, 4) is 6.07 Å². The maximum Gasteiger partial charge on any atom is 0.133 e. The van der Waals surface area contributed by atoms with Crippen LogP contribution in [0.25, 0.3) is 0 Å². The lowest BCUT2D eigenvalue weighted by atomic mass is 10.2. The predicted octanol–water partition coefficient (Wildman–Crippen LogP) is 2.86. The number of rotatable bonds is 5. The van der Waals surface area contributed by atoms with Crippen molar-refractivity contribution in [1.29, 1.82) is 5.26 Å². The quantitative estimate of drug-likeness (QED) is 0.788. The lowest BCUT2D eigenvalue weighted by Crippen LogP contribution is -2.25. The molecule has 2 aromatic heterocycles. The first-order valence-corrected chi connectivity index (χ1v) is 7.00. The molecule has 102 valence electrons. The van der Waals surface area contributed by atoms with Crippen molar-refractivity contribution < 1.29 is 0 Å². The molecular weight excluding hydrogens is 318 g/mol. The van der Waals surface area contributed by atoms with E-state index >= 15 is 0 Å². The van der Waals surface area contributed by atoms with E-state index in [0.29, 0.717) is 25.3 Å². The van der Waals surface area contributed by atoms with E-state index in [1.54, 1.807) is 6.20 Å². The van der Waals surface area contributed by atoms with E-state index in [2.05, 4.69) is 41.9 Å². The Morgan fingerprint density at radius 2 is 2.25 bits per heavy atom. The number of nitrogens with zero attached hydrogens (tertiary/aromatic N) is 5. The minimum atomic E-state index is 0.445. The molecule has 0 aliphatic heterocycles. The fraction of sp³-hybridized carbons (Fsp3) is 0.286. The first-order chi connectivity index (χ1) is 9.69. The molecule has 2 heterocycles. The maximum absolute atomic E-state index is 8.81. The molecule has 2 aromatic rings. The van der Waals surface area contributed by atoms with E-state index in [9.17, 15) is 0 Å². The number of anilines is 1. The number of aromatic nitrogens is 3. The Morgan fingerprint density at radius 3 is 2.90 bits per heavy atom. The van der Waals surface area contributed by atoms with Gasteiger partial charge in [0.15, 0.2) is 0 Å². The van der Waals surface area contributed by atoms with Crippen LogP contribution in [-0.2, 0) is 6.54 Å². The Hall–Kier alpha value is -2.00. The first kappa shape index (κ1) is 14.4. The Morgan fingerprint density at radius 1 is 1.40 bits per heavy atom. The molecule has 0 saturated carbocycles. The van der Waals surface area contributed by atoms with Crippen LogP contribution in [0.1, 0.15) is 17.8 Å². The third-order valence-corrected chi connectivity index (χ3v) is 3.11. The van der Waals surface area contributed by atoms with Crippen LogP contribution in [-0.4, -0.2) is 21.5 Å². The van der Waals surface area contributed by atoms with Crippen molar-refractivity contribution in [2.75, 3.05) is 11.4 Å². The van der Waals surface area contributed by atoms with Crippen LogP contribution < -0.4 is 4.90 Å². The van der Waals surface area contributed by atoms with Crippen LogP contribution in [0, 0.1) is 18.3 Å². The minimum Gasteiger partial charge on any atom is -0.351 e. The average molecular weight is 332 g/mol. The summed E-state index contributed by atoms with van der Waals surface area (Å²) >= 11 is 3.38. The summed E-state index contributed by atoms with van der Waals surface area (Å²) in [5.74, 6) is 1.51. The summed E-state index contributed by atoms with van der Waals surface area (Å²) in [4.78, 5) is 14.8. The standard InChI is InChI=1S/C14H14BrN5/c1-11-18-13(15)8-14(19-11)20(7-3-5-16)10-12-4-2-6-17-9-12/h2,4,6,8-9H,3,7,10H2,1H3. The number of hydrogen-bond donors (Lipinski definition) is 0. The first-order valence-electron chi connectivity index (χ1n) is 6.21. The molecule has 0 atom stereocenters. The Kier molecular flexibility index (Phi) is 5.02. The molecule has 0 N–H and O–H groups in total.